The first-order valence-electron chi connectivity index (χ1n) is 9.32. The van der Waals surface area contributed by atoms with E-state index in [2.05, 4.69) is 43.0 Å². The summed E-state index contributed by atoms with van der Waals surface area (Å²) in [5.74, 6) is 0. The highest BCUT2D eigenvalue weighted by Crippen LogP contribution is 2.62. The van der Waals surface area contributed by atoms with Crippen LogP contribution in [0, 0.1) is 6.92 Å². The zero-order chi connectivity index (χ0) is 17.6. The maximum absolute atomic E-state index is 12.9. The van der Waals surface area contributed by atoms with Gasteiger partial charge in [-0.05, 0) is 65.4 Å². The van der Waals surface area contributed by atoms with Crippen LogP contribution in [0.1, 0.15) is 70.9 Å². The summed E-state index contributed by atoms with van der Waals surface area (Å²) in [6.07, 6.45) is 5.34. The average molecular weight is 329 g/mol. The van der Waals surface area contributed by atoms with Gasteiger partial charge in [-0.2, -0.15) is 0 Å². The Bertz CT molecular complexity index is 610. The molecule has 1 aromatic rings. The van der Waals surface area contributed by atoms with E-state index in [1.54, 1.807) is 0 Å². The highest BCUT2D eigenvalue weighted by molar-refractivity contribution is 5.70. The number of hydrogen-bond acceptors (Lipinski definition) is 2. The molecule has 0 N–H and O–H groups in total. The number of benzene rings is 1. The van der Waals surface area contributed by atoms with E-state index < -0.39 is 5.60 Å². The van der Waals surface area contributed by atoms with Gasteiger partial charge >= 0.3 is 6.09 Å². The van der Waals surface area contributed by atoms with Crippen molar-refractivity contribution in [2.24, 2.45) is 0 Å². The van der Waals surface area contributed by atoms with Crippen molar-refractivity contribution in [2.75, 3.05) is 6.54 Å². The van der Waals surface area contributed by atoms with Gasteiger partial charge in [0.2, 0.25) is 0 Å². The van der Waals surface area contributed by atoms with Crippen LogP contribution in [0.3, 0.4) is 0 Å². The Morgan fingerprint density at radius 1 is 1.17 bits per heavy atom. The van der Waals surface area contributed by atoms with Crippen molar-refractivity contribution in [3.63, 3.8) is 0 Å². The molecule has 3 rings (SSSR count). The largest absolute Gasteiger partial charge is 0.444 e. The minimum atomic E-state index is -0.445. The van der Waals surface area contributed by atoms with Gasteiger partial charge in [-0.1, -0.05) is 36.8 Å². The maximum atomic E-state index is 12.9. The first kappa shape index (κ1) is 17.3. The predicted molar refractivity (Wildman–Crippen MR) is 97.3 cm³/mol. The summed E-state index contributed by atoms with van der Waals surface area (Å²) in [6.45, 7) is 11.0. The second-order valence-electron chi connectivity index (χ2n) is 8.57. The standard InChI is InChI=1S/C21H31NO2/c1-6-21(12-7-15-22(21)18(23)24-19(3,4)5)20(13-14-20)17-10-8-16(2)9-11-17/h8-11H,6-7,12-15H2,1-5H3. The first-order valence-corrected chi connectivity index (χ1v) is 9.32. The Morgan fingerprint density at radius 2 is 1.79 bits per heavy atom. The molecular weight excluding hydrogens is 298 g/mol. The van der Waals surface area contributed by atoms with Gasteiger partial charge < -0.3 is 9.64 Å². The molecule has 0 spiro atoms. The van der Waals surface area contributed by atoms with Crippen LogP contribution in [0.15, 0.2) is 24.3 Å². The van der Waals surface area contributed by atoms with Gasteiger partial charge in [-0.15, -0.1) is 0 Å². The zero-order valence-corrected chi connectivity index (χ0v) is 15.8. The molecule has 1 amide bonds. The third-order valence-electron chi connectivity index (χ3n) is 5.93. The minimum Gasteiger partial charge on any atom is -0.444 e. The zero-order valence-electron chi connectivity index (χ0n) is 15.8. The van der Waals surface area contributed by atoms with Gasteiger partial charge in [-0.25, -0.2) is 4.79 Å². The van der Waals surface area contributed by atoms with Crippen LogP contribution in [0.2, 0.25) is 0 Å². The Balaban J connectivity index is 1.95. The fourth-order valence-corrected chi connectivity index (χ4v) is 4.69. The Labute approximate surface area is 146 Å². The highest BCUT2D eigenvalue weighted by Gasteiger charge is 2.64. The molecule has 0 bridgehead atoms. The molecule has 1 saturated heterocycles. The van der Waals surface area contributed by atoms with Gasteiger partial charge in [0.05, 0.1) is 5.54 Å². The van der Waals surface area contributed by atoms with Crippen molar-refractivity contribution in [1.82, 2.24) is 4.90 Å². The number of aryl methyl sites for hydroxylation is 1. The van der Waals surface area contributed by atoms with E-state index in [0.29, 0.717) is 0 Å². The summed E-state index contributed by atoms with van der Waals surface area (Å²) in [5.41, 5.74) is 2.26. The Kier molecular flexibility index (Phi) is 4.17. The molecule has 0 aromatic heterocycles. The fraction of sp³-hybridized carbons (Fsp3) is 0.667. The number of carbonyl (C=O) groups is 1. The third kappa shape index (κ3) is 2.72. The molecule has 1 aliphatic heterocycles. The fourth-order valence-electron chi connectivity index (χ4n) is 4.69. The molecule has 0 radical (unpaired) electrons. The molecule has 1 aromatic carbocycles. The number of hydrogen-bond donors (Lipinski definition) is 0. The number of ether oxygens (including phenoxy) is 1. The number of amides is 1. The van der Waals surface area contributed by atoms with Crippen LogP contribution in [0.25, 0.3) is 0 Å². The molecule has 1 unspecified atom stereocenters. The predicted octanol–water partition coefficient (Wildman–Crippen LogP) is 5.21. The summed E-state index contributed by atoms with van der Waals surface area (Å²) in [4.78, 5) is 15.0. The van der Waals surface area contributed by atoms with Crippen LogP contribution in [-0.2, 0) is 10.2 Å². The molecule has 132 valence electrons. The lowest BCUT2D eigenvalue weighted by atomic mass is 9.72. The Morgan fingerprint density at radius 3 is 2.29 bits per heavy atom. The van der Waals surface area contributed by atoms with E-state index in [0.717, 1.165) is 25.8 Å². The normalized spacial score (nSPS) is 25.6. The van der Waals surface area contributed by atoms with Gasteiger partial charge in [0, 0.05) is 12.0 Å². The van der Waals surface area contributed by atoms with Gasteiger partial charge in [0.25, 0.3) is 0 Å². The van der Waals surface area contributed by atoms with Crippen LogP contribution < -0.4 is 0 Å². The molecule has 2 fully saturated rings. The third-order valence-corrected chi connectivity index (χ3v) is 5.93. The molecule has 3 nitrogen and oxygen atoms in total. The summed E-state index contributed by atoms with van der Waals surface area (Å²) in [5, 5.41) is 0. The summed E-state index contributed by atoms with van der Waals surface area (Å²) in [6, 6.07) is 8.94. The minimum absolute atomic E-state index is 0.0927. The topological polar surface area (TPSA) is 29.5 Å². The molecule has 1 heterocycles. The molecule has 24 heavy (non-hydrogen) atoms. The average Bonchev–Trinajstić information content (AvgIpc) is 3.19. The number of likely N-dealkylation sites (tertiary alicyclic amines) is 1. The Hall–Kier alpha value is -1.51. The van der Waals surface area contributed by atoms with Crippen molar-refractivity contribution in [2.45, 2.75) is 83.3 Å². The summed E-state index contributed by atoms with van der Waals surface area (Å²) >= 11 is 0. The van der Waals surface area contributed by atoms with E-state index in [1.165, 1.54) is 24.0 Å². The van der Waals surface area contributed by atoms with Crippen LogP contribution in [0.4, 0.5) is 4.79 Å². The second-order valence-corrected chi connectivity index (χ2v) is 8.57. The van der Waals surface area contributed by atoms with Crippen molar-refractivity contribution in [3.05, 3.63) is 35.4 Å². The lowest BCUT2D eigenvalue weighted by Crippen LogP contribution is -2.56. The van der Waals surface area contributed by atoms with Crippen LogP contribution in [-0.4, -0.2) is 28.7 Å². The van der Waals surface area contributed by atoms with E-state index in [4.69, 9.17) is 4.74 Å². The van der Waals surface area contributed by atoms with Crippen molar-refractivity contribution in [1.29, 1.82) is 0 Å². The molecule has 1 aliphatic carbocycles. The van der Waals surface area contributed by atoms with Gasteiger partial charge in [0.15, 0.2) is 0 Å². The lowest BCUT2D eigenvalue weighted by Gasteiger charge is -2.45. The second kappa shape index (κ2) is 5.79. The van der Waals surface area contributed by atoms with Crippen molar-refractivity contribution in [3.8, 4) is 0 Å². The summed E-state index contributed by atoms with van der Waals surface area (Å²) < 4.78 is 5.74. The lowest BCUT2D eigenvalue weighted by molar-refractivity contribution is -0.00145. The van der Waals surface area contributed by atoms with Crippen molar-refractivity contribution >= 4 is 6.09 Å². The maximum Gasteiger partial charge on any atom is 0.410 e. The molecule has 1 atom stereocenters. The van der Waals surface area contributed by atoms with E-state index >= 15 is 0 Å². The number of rotatable bonds is 3. The number of nitrogens with zero attached hydrogens (tertiary/aromatic N) is 1. The quantitative estimate of drug-likeness (QED) is 0.762. The molecular formula is C21H31NO2. The SMILES string of the molecule is CCC1(C2(c3ccc(C)cc3)CC2)CCCN1C(=O)OC(C)(C)C. The van der Waals surface area contributed by atoms with Crippen molar-refractivity contribution < 1.29 is 9.53 Å². The molecule has 2 aliphatic rings. The smallest absolute Gasteiger partial charge is 0.410 e. The number of carbonyl (C=O) groups excluding carboxylic acids is 1. The van der Waals surface area contributed by atoms with Gasteiger partial charge in [0.1, 0.15) is 5.60 Å². The van der Waals surface area contributed by atoms with E-state index in [-0.39, 0.29) is 17.0 Å². The summed E-state index contributed by atoms with van der Waals surface area (Å²) in [7, 11) is 0. The van der Waals surface area contributed by atoms with E-state index in [9.17, 15) is 4.79 Å². The monoisotopic (exact) mass is 329 g/mol. The van der Waals surface area contributed by atoms with Crippen LogP contribution in [0.5, 0.6) is 0 Å². The van der Waals surface area contributed by atoms with Gasteiger partial charge in [-0.3, -0.25) is 0 Å². The van der Waals surface area contributed by atoms with E-state index in [1.807, 2.05) is 20.8 Å². The van der Waals surface area contributed by atoms with Crippen LogP contribution >= 0.6 is 0 Å². The highest BCUT2D eigenvalue weighted by atomic mass is 16.6. The molecule has 3 heteroatoms. The first-order chi connectivity index (χ1) is 11.2. The molecule has 1 saturated carbocycles.